The molecule has 2 heterocycles. The molecule has 98 valence electrons. The van der Waals surface area contributed by atoms with Gasteiger partial charge in [-0.15, -0.1) is 5.10 Å². The van der Waals surface area contributed by atoms with E-state index in [4.69, 9.17) is 0 Å². The van der Waals surface area contributed by atoms with Crippen molar-refractivity contribution in [3.63, 3.8) is 0 Å². The number of carbonyl (C=O) groups excluding carboxylic acids is 2. The number of aromatic nitrogens is 3. The van der Waals surface area contributed by atoms with E-state index in [9.17, 15) is 9.59 Å². The first-order valence-electron chi connectivity index (χ1n) is 5.87. The minimum absolute atomic E-state index is 0.00557. The Morgan fingerprint density at radius 3 is 2.78 bits per heavy atom. The second-order valence-electron chi connectivity index (χ2n) is 4.24. The van der Waals surface area contributed by atoms with Crippen molar-refractivity contribution in [3.05, 3.63) is 11.4 Å². The van der Waals surface area contributed by atoms with Gasteiger partial charge < -0.3 is 9.64 Å². The van der Waals surface area contributed by atoms with Gasteiger partial charge in [-0.25, -0.2) is 9.48 Å². The van der Waals surface area contributed by atoms with Crippen molar-refractivity contribution in [2.24, 2.45) is 0 Å². The molecule has 7 nitrogen and oxygen atoms in total. The number of esters is 1. The van der Waals surface area contributed by atoms with Gasteiger partial charge in [0.15, 0.2) is 5.69 Å². The fourth-order valence-corrected chi connectivity index (χ4v) is 2.18. The molecule has 0 aromatic carbocycles. The maximum absolute atomic E-state index is 11.9. The fourth-order valence-electron chi connectivity index (χ4n) is 2.18. The maximum atomic E-state index is 11.9. The zero-order chi connectivity index (χ0) is 13.3. The van der Waals surface area contributed by atoms with Gasteiger partial charge in [0.2, 0.25) is 5.91 Å². The van der Waals surface area contributed by atoms with Crippen molar-refractivity contribution in [1.82, 2.24) is 19.9 Å². The van der Waals surface area contributed by atoms with Gasteiger partial charge >= 0.3 is 5.97 Å². The normalized spacial score (nSPS) is 19.4. The quantitative estimate of drug-likeness (QED) is 0.709. The Kier molecular flexibility index (Phi) is 3.31. The Balaban J connectivity index is 2.37. The van der Waals surface area contributed by atoms with Crippen LogP contribution in [0.25, 0.3) is 0 Å². The van der Waals surface area contributed by atoms with Crippen LogP contribution in [0, 0.1) is 0 Å². The molecule has 1 fully saturated rings. The molecule has 1 aliphatic rings. The number of methoxy groups -OCH3 is 1. The Labute approximate surface area is 105 Å². The van der Waals surface area contributed by atoms with Crippen LogP contribution in [0.1, 0.15) is 35.6 Å². The van der Waals surface area contributed by atoms with Crippen molar-refractivity contribution in [2.45, 2.75) is 25.8 Å². The second-order valence-corrected chi connectivity index (χ2v) is 4.24. The minimum Gasteiger partial charge on any atom is -0.464 e. The molecule has 1 aliphatic heterocycles. The summed E-state index contributed by atoms with van der Waals surface area (Å²) in [5.41, 5.74) is 0.845. The second kappa shape index (κ2) is 4.75. The molecule has 0 N–H and O–H groups in total. The summed E-state index contributed by atoms with van der Waals surface area (Å²) in [6.07, 6.45) is 1.26. The molecule has 0 saturated carbocycles. The number of likely N-dealkylation sites (N-methyl/N-ethyl adjacent to an activating group) is 1. The molecule has 1 aromatic rings. The standard InChI is InChI=1S/C11H16N4O3/c1-4-7-9(11(17)18-3)12-13-15(7)8-5-6-14(2)10(8)16/h8H,4-6H2,1-3H3. The third-order valence-electron chi connectivity index (χ3n) is 3.20. The third-order valence-corrected chi connectivity index (χ3v) is 3.20. The lowest BCUT2D eigenvalue weighted by atomic mass is 10.2. The summed E-state index contributed by atoms with van der Waals surface area (Å²) in [6, 6.07) is -0.351. The largest absolute Gasteiger partial charge is 0.464 e. The van der Waals surface area contributed by atoms with E-state index < -0.39 is 5.97 Å². The molecule has 1 amide bonds. The highest BCUT2D eigenvalue weighted by molar-refractivity contribution is 5.88. The lowest BCUT2D eigenvalue weighted by Gasteiger charge is -2.12. The molecule has 2 rings (SSSR count). The molecule has 0 aliphatic carbocycles. The molecule has 0 spiro atoms. The number of likely N-dealkylation sites (tertiary alicyclic amines) is 1. The van der Waals surface area contributed by atoms with E-state index in [0.29, 0.717) is 25.1 Å². The zero-order valence-corrected chi connectivity index (χ0v) is 10.7. The zero-order valence-electron chi connectivity index (χ0n) is 10.7. The van der Waals surface area contributed by atoms with Crippen LogP contribution in [0.4, 0.5) is 0 Å². The first-order chi connectivity index (χ1) is 8.60. The monoisotopic (exact) mass is 252 g/mol. The van der Waals surface area contributed by atoms with E-state index >= 15 is 0 Å². The SMILES string of the molecule is CCc1c(C(=O)OC)nnn1C1CCN(C)C1=O. The lowest BCUT2D eigenvalue weighted by Crippen LogP contribution is -2.26. The van der Waals surface area contributed by atoms with Crippen molar-refractivity contribution >= 4 is 11.9 Å². The highest BCUT2D eigenvalue weighted by Crippen LogP contribution is 2.24. The third kappa shape index (κ3) is 1.85. The number of nitrogens with zero attached hydrogens (tertiary/aromatic N) is 4. The van der Waals surface area contributed by atoms with Crippen molar-refractivity contribution in [3.8, 4) is 0 Å². The summed E-state index contributed by atoms with van der Waals surface area (Å²) < 4.78 is 6.21. The predicted molar refractivity (Wildman–Crippen MR) is 62.0 cm³/mol. The smallest absolute Gasteiger partial charge is 0.360 e. The topological polar surface area (TPSA) is 77.3 Å². The molecule has 1 aromatic heterocycles. The van der Waals surface area contributed by atoms with Gasteiger partial charge in [0, 0.05) is 13.6 Å². The van der Waals surface area contributed by atoms with Crippen LogP contribution in [0.3, 0.4) is 0 Å². The van der Waals surface area contributed by atoms with E-state index in [1.165, 1.54) is 7.11 Å². The van der Waals surface area contributed by atoms with Gasteiger partial charge in [0.05, 0.1) is 12.8 Å². The van der Waals surface area contributed by atoms with E-state index in [1.54, 1.807) is 16.6 Å². The minimum atomic E-state index is -0.517. The highest BCUT2D eigenvalue weighted by Gasteiger charge is 2.34. The van der Waals surface area contributed by atoms with Gasteiger partial charge in [0.1, 0.15) is 6.04 Å². The Bertz CT molecular complexity index is 483. The van der Waals surface area contributed by atoms with E-state index in [1.807, 2.05) is 6.92 Å². The van der Waals surface area contributed by atoms with Crippen LogP contribution in [-0.2, 0) is 16.0 Å². The van der Waals surface area contributed by atoms with E-state index in [0.717, 1.165) is 0 Å². The molecule has 1 unspecified atom stereocenters. The summed E-state index contributed by atoms with van der Waals surface area (Å²) in [7, 11) is 3.06. The van der Waals surface area contributed by atoms with Gasteiger partial charge in [-0.3, -0.25) is 4.79 Å². The van der Waals surface area contributed by atoms with Crippen LogP contribution in [0.5, 0.6) is 0 Å². The molecule has 1 atom stereocenters. The molecule has 1 saturated heterocycles. The summed E-state index contributed by atoms with van der Waals surface area (Å²) in [4.78, 5) is 25.1. The van der Waals surface area contributed by atoms with Crippen molar-refractivity contribution in [1.29, 1.82) is 0 Å². The van der Waals surface area contributed by atoms with Gasteiger partial charge in [-0.1, -0.05) is 12.1 Å². The number of ether oxygens (including phenoxy) is 1. The Morgan fingerprint density at radius 1 is 1.56 bits per heavy atom. The molecule has 7 heteroatoms. The summed E-state index contributed by atoms with van der Waals surface area (Å²) in [5, 5.41) is 7.77. The summed E-state index contributed by atoms with van der Waals surface area (Å²) >= 11 is 0. The van der Waals surface area contributed by atoms with Crippen LogP contribution in [0.15, 0.2) is 0 Å². The van der Waals surface area contributed by atoms with Gasteiger partial charge in [-0.05, 0) is 12.8 Å². The van der Waals surface area contributed by atoms with Crippen molar-refractivity contribution < 1.29 is 14.3 Å². The van der Waals surface area contributed by atoms with Crippen LogP contribution >= 0.6 is 0 Å². The lowest BCUT2D eigenvalue weighted by molar-refractivity contribution is -0.129. The average molecular weight is 252 g/mol. The molecular formula is C11H16N4O3. The first kappa shape index (κ1) is 12.5. The first-order valence-corrected chi connectivity index (χ1v) is 5.87. The highest BCUT2D eigenvalue weighted by atomic mass is 16.5. The number of amides is 1. The van der Waals surface area contributed by atoms with Gasteiger partial charge in [0.25, 0.3) is 0 Å². The van der Waals surface area contributed by atoms with Crippen LogP contribution in [0.2, 0.25) is 0 Å². The van der Waals surface area contributed by atoms with Crippen LogP contribution < -0.4 is 0 Å². The average Bonchev–Trinajstić information content (AvgIpc) is 2.93. The molecular weight excluding hydrogens is 236 g/mol. The van der Waals surface area contributed by atoms with E-state index in [2.05, 4.69) is 15.0 Å². The van der Waals surface area contributed by atoms with Crippen LogP contribution in [-0.4, -0.2) is 52.5 Å². The molecule has 18 heavy (non-hydrogen) atoms. The predicted octanol–water partition coefficient (Wildman–Crippen LogP) is 0.0303. The Hall–Kier alpha value is -1.92. The summed E-state index contributed by atoms with van der Waals surface area (Å²) in [5.74, 6) is -0.511. The molecule has 0 radical (unpaired) electrons. The molecule has 0 bridgehead atoms. The summed E-state index contributed by atoms with van der Waals surface area (Å²) in [6.45, 7) is 2.59. The van der Waals surface area contributed by atoms with Crippen molar-refractivity contribution in [2.75, 3.05) is 20.7 Å². The number of hydrogen-bond donors (Lipinski definition) is 0. The number of hydrogen-bond acceptors (Lipinski definition) is 5. The fraction of sp³-hybridized carbons (Fsp3) is 0.636. The Morgan fingerprint density at radius 2 is 2.28 bits per heavy atom. The maximum Gasteiger partial charge on any atom is 0.360 e. The van der Waals surface area contributed by atoms with E-state index in [-0.39, 0.29) is 17.6 Å². The van der Waals surface area contributed by atoms with Gasteiger partial charge in [-0.2, -0.15) is 0 Å². The number of carbonyl (C=O) groups is 2. The number of rotatable bonds is 3.